The summed E-state index contributed by atoms with van der Waals surface area (Å²) in [6.07, 6.45) is 6.57. The highest BCUT2D eigenvalue weighted by molar-refractivity contribution is 7.89. The van der Waals surface area contributed by atoms with Crippen LogP contribution in [0.15, 0.2) is 18.6 Å². The van der Waals surface area contributed by atoms with Gasteiger partial charge in [0.05, 0.1) is 5.69 Å². The first-order valence-electron chi connectivity index (χ1n) is 6.54. The van der Waals surface area contributed by atoms with Crippen LogP contribution >= 0.6 is 12.4 Å². The molecule has 1 unspecified atom stereocenters. The predicted molar refractivity (Wildman–Crippen MR) is 80.2 cm³/mol. The first kappa shape index (κ1) is 17.3. The van der Waals surface area contributed by atoms with E-state index in [1.807, 2.05) is 0 Å². The molecule has 0 amide bonds. The SMILES string of the molecule is CC(c1cnccn1)S(=O)(=O)NCC1CCNCC1.Cl. The van der Waals surface area contributed by atoms with E-state index in [0.717, 1.165) is 25.9 Å². The van der Waals surface area contributed by atoms with Gasteiger partial charge in [-0.15, -0.1) is 12.4 Å². The number of rotatable bonds is 5. The van der Waals surface area contributed by atoms with Crippen LogP contribution in [0.5, 0.6) is 0 Å². The van der Waals surface area contributed by atoms with Crippen LogP contribution in [0, 0.1) is 5.92 Å². The Hall–Kier alpha value is -0.760. The van der Waals surface area contributed by atoms with Gasteiger partial charge >= 0.3 is 0 Å². The third-order valence-electron chi connectivity index (χ3n) is 3.50. The maximum Gasteiger partial charge on any atom is 0.220 e. The fraction of sp³-hybridized carbons (Fsp3) is 0.667. The minimum absolute atomic E-state index is 0. The summed E-state index contributed by atoms with van der Waals surface area (Å²) in [5.41, 5.74) is 0.473. The lowest BCUT2D eigenvalue weighted by atomic mass is 9.99. The lowest BCUT2D eigenvalue weighted by Crippen LogP contribution is -2.37. The lowest BCUT2D eigenvalue weighted by molar-refractivity contribution is 0.372. The zero-order valence-corrected chi connectivity index (χ0v) is 13.1. The molecule has 1 aromatic heterocycles. The molecule has 0 saturated carbocycles. The Bertz CT molecular complexity index is 491. The number of sulfonamides is 1. The van der Waals surface area contributed by atoms with Gasteiger partial charge < -0.3 is 5.32 Å². The number of hydrogen-bond donors (Lipinski definition) is 2. The van der Waals surface area contributed by atoms with Crippen molar-refractivity contribution in [2.75, 3.05) is 19.6 Å². The first-order valence-corrected chi connectivity index (χ1v) is 8.09. The molecule has 0 aromatic carbocycles. The number of hydrogen-bond acceptors (Lipinski definition) is 5. The molecule has 0 radical (unpaired) electrons. The largest absolute Gasteiger partial charge is 0.317 e. The van der Waals surface area contributed by atoms with Gasteiger partial charge in [0.25, 0.3) is 0 Å². The van der Waals surface area contributed by atoms with E-state index < -0.39 is 15.3 Å². The maximum atomic E-state index is 12.2. The second-order valence-corrected chi connectivity index (χ2v) is 6.95. The lowest BCUT2D eigenvalue weighted by Gasteiger charge is -2.23. The van der Waals surface area contributed by atoms with E-state index in [4.69, 9.17) is 0 Å². The zero-order chi connectivity index (χ0) is 13.7. The number of halogens is 1. The predicted octanol–water partition coefficient (Wildman–Crippen LogP) is 0.878. The van der Waals surface area contributed by atoms with E-state index >= 15 is 0 Å². The molecule has 20 heavy (non-hydrogen) atoms. The fourth-order valence-electron chi connectivity index (χ4n) is 2.12. The second kappa shape index (κ2) is 7.87. The van der Waals surface area contributed by atoms with Crippen molar-refractivity contribution < 1.29 is 8.42 Å². The van der Waals surface area contributed by atoms with Gasteiger partial charge in [-0.05, 0) is 38.8 Å². The van der Waals surface area contributed by atoms with Gasteiger partial charge in [0.2, 0.25) is 10.0 Å². The van der Waals surface area contributed by atoms with E-state index in [1.54, 1.807) is 6.92 Å². The molecule has 2 heterocycles. The molecule has 1 aromatic rings. The normalized spacial score (nSPS) is 18.2. The zero-order valence-electron chi connectivity index (χ0n) is 11.4. The minimum atomic E-state index is -3.39. The average molecular weight is 321 g/mol. The quantitative estimate of drug-likeness (QED) is 0.841. The molecule has 0 aliphatic carbocycles. The van der Waals surface area contributed by atoms with Crippen molar-refractivity contribution in [2.24, 2.45) is 5.92 Å². The second-order valence-electron chi connectivity index (χ2n) is 4.86. The highest BCUT2D eigenvalue weighted by Crippen LogP contribution is 2.18. The Morgan fingerprint density at radius 3 is 2.70 bits per heavy atom. The van der Waals surface area contributed by atoms with E-state index in [2.05, 4.69) is 20.0 Å². The summed E-state index contributed by atoms with van der Waals surface area (Å²) in [4.78, 5) is 7.95. The third-order valence-corrected chi connectivity index (χ3v) is 5.24. The minimum Gasteiger partial charge on any atom is -0.317 e. The Morgan fingerprint density at radius 1 is 1.40 bits per heavy atom. The molecule has 1 saturated heterocycles. The summed E-state index contributed by atoms with van der Waals surface area (Å²) in [6, 6.07) is 0. The average Bonchev–Trinajstić information content (AvgIpc) is 2.46. The fourth-order valence-corrected chi connectivity index (χ4v) is 3.28. The topological polar surface area (TPSA) is 84.0 Å². The van der Waals surface area contributed by atoms with E-state index in [1.165, 1.54) is 18.6 Å². The number of nitrogens with zero attached hydrogens (tertiary/aromatic N) is 2. The van der Waals surface area contributed by atoms with Gasteiger partial charge in [0.1, 0.15) is 5.25 Å². The molecule has 0 bridgehead atoms. The molecule has 114 valence electrons. The third kappa shape index (κ3) is 4.66. The monoisotopic (exact) mass is 320 g/mol. The van der Waals surface area contributed by atoms with Crippen LogP contribution in [0.3, 0.4) is 0 Å². The van der Waals surface area contributed by atoms with Crippen LogP contribution in [0.1, 0.15) is 30.7 Å². The first-order chi connectivity index (χ1) is 9.09. The van der Waals surface area contributed by atoms with Crippen LogP contribution in [0.4, 0.5) is 0 Å². The Labute approximate surface area is 126 Å². The molecular formula is C12H21ClN4O2S. The van der Waals surface area contributed by atoms with Crippen molar-refractivity contribution in [3.8, 4) is 0 Å². The van der Waals surface area contributed by atoms with Gasteiger partial charge in [-0.25, -0.2) is 13.1 Å². The van der Waals surface area contributed by atoms with E-state index in [-0.39, 0.29) is 12.4 Å². The van der Waals surface area contributed by atoms with Gasteiger partial charge in [0, 0.05) is 25.1 Å². The van der Waals surface area contributed by atoms with Crippen LogP contribution in [0.2, 0.25) is 0 Å². The molecule has 1 aliphatic rings. The number of nitrogens with one attached hydrogen (secondary N) is 2. The van der Waals surface area contributed by atoms with Crippen molar-refractivity contribution in [2.45, 2.75) is 25.0 Å². The van der Waals surface area contributed by atoms with Crippen molar-refractivity contribution in [3.63, 3.8) is 0 Å². The van der Waals surface area contributed by atoms with Gasteiger partial charge in [-0.3, -0.25) is 9.97 Å². The molecular weight excluding hydrogens is 300 g/mol. The molecule has 1 atom stereocenters. The molecule has 0 spiro atoms. The maximum absolute atomic E-state index is 12.2. The number of aromatic nitrogens is 2. The van der Waals surface area contributed by atoms with E-state index in [9.17, 15) is 8.42 Å². The Morgan fingerprint density at radius 2 is 2.10 bits per heavy atom. The summed E-state index contributed by atoms with van der Waals surface area (Å²) in [5, 5.41) is 2.59. The van der Waals surface area contributed by atoms with Crippen molar-refractivity contribution >= 4 is 22.4 Å². The highest BCUT2D eigenvalue weighted by atomic mass is 35.5. The van der Waals surface area contributed by atoms with Crippen molar-refractivity contribution in [1.29, 1.82) is 0 Å². The van der Waals surface area contributed by atoms with Crippen LogP contribution < -0.4 is 10.0 Å². The van der Waals surface area contributed by atoms with Crippen molar-refractivity contribution in [3.05, 3.63) is 24.3 Å². The molecule has 1 fully saturated rings. The Kier molecular flexibility index (Phi) is 6.81. The molecule has 8 heteroatoms. The summed E-state index contributed by atoms with van der Waals surface area (Å²) >= 11 is 0. The van der Waals surface area contributed by atoms with Gasteiger partial charge in [-0.2, -0.15) is 0 Å². The van der Waals surface area contributed by atoms with Gasteiger partial charge in [-0.1, -0.05) is 0 Å². The van der Waals surface area contributed by atoms with E-state index in [0.29, 0.717) is 18.2 Å². The summed E-state index contributed by atoms with van der Waals surface area (Å²) < 4.78 is 27.1. The van der Waals surface area contributed by atoms with Crippen LogP contribution in [-0.4, -0.2) is 38.0 Å². The van der Waals surface area contributed by atoms with Gasteiger partial charge in [0.15, 0.2) is 0 Å². The molecule has 1 aliphatic heterocycles. The molecule has 2 rings (SSSR count). The van der Waals surface area contributed by atoms with Crippen LogP contribution in [0.25, 0.3) is 0 Å². The standard InChI is InChI=1S/C12H20N4O2S.ClH/c1-10(12-9-14-6-7-15-12)19(17,18)16-8-11-2-4-13-5-3-11;/h6-7,9-11,13,16H,2-5,8H2,1H3;1H. The molecule has 6 nitrogen and oxygen atoms in total. The molecule has 2 N–H and O–H groups in total. The smallest absolute Gasteiger partial charge is 0.220 e. The number of piperidine rings is 1. The Balaban J connectivity index is 0.00000200. The van der Waals surface area contributed by atoms with Crippen molar-refractivity contribution in [1.82, 2.24) is 20.0 Å². The van der Waals surface area contributed by atoms with Crippen LogP contribution in [-0.2, 0) is 10.0 Å². The highest BCUT2D eigenvalue weighted by Gasteiger charge is 2.25. The summed E-state index contributed by atoms with van der Waals surface area (Å²) in [6.45, 7) is 4.07. The summed E-state index contributed by atoms with van der Waals surface area (Å²) in [5.74, 6) is 0.421. The summed E-state index contributed by atoms with van der Waals surface area (Å²) in [7, 11) is -3.39.